The van der Waals surface area contributed by atoms with Gasteiger partial charge in [0.05, 0.1) is 6.67 Å². The number of hydrogen-bond donors (Lipinski definition) is 0. The van der Waals surface area contributed by atoms with Crippen LogP contribution in [0, 0.1) is 4.84 Å². The van der Waals surface area contributed by atoms with Crippen molar-refractivity contribution in [3.05, 3.63) is 29.4 Å². The van der Waals surface area contributed by atoms with Crippen LogP contribution in [0.5, 0.6) is 0 Å². The largest absolute Gasteiger partial charge is 0.409 e. The van der Waals surface area contributed by atoms with Crippen LogP contribution >= 0.6 is 12.2 Å². The Balaban J connectivity index is 1.77. The normalized spacial score (nSPS) is 17.0. The third-order valence-corrected chi connectivity index (χ3v) is 3.86. The molecule has 0 unspecified atom stereocenters. The molecule has 0 aromatic carbocycles. The second kappa shape index (κ2) is 6.28. The first kappa shape index (κ1) is 13.5. The Morgan fingerprint density at radius 1 is 1.10 bits per heavy atom. The lowest BCUT2D eigenvalue weighted by atomic mass is 10.2. The zero-order valence-electron chi connectivity index (χ0n) is 11.4. The summed E-state index contributed by atoms with van der Waals surface area (Å²) >= 11 is 5.27. The van der Waals surface area contributed by atoms with Crippen LogP contribution in [-0.2, 0) is 6.67 Å². The molecule has 1 aliphatic rings. The maximum Gasteiger partial charge on any atom is 0.288 e. The van der Waals surface area contributed by atoms with E-state index in [1.165, 1.54) is 25.7 Å². The zero-order valence-corrected chi connectivity index (χ0v) is 12.2. The van der Waals surface area contributed by atoms with Crippen molar-refractivity contribution in [1.29, 1.82) is 0 Å². The van der Waals surface area contributed by atoms with E-state index in [-0.39, 0.29) is 0 Å². The molecule has 0 aliphatic carbocycles. The summed E-state index contributed by atoms with van der Waals surface area (Å²) in [6.45, 7) is 2.94. The van der Waals surface area contributed by atoms with Crippen molar-refractivity contribution >= 4 is 12.2 Å². The van der Waals surface area contributed by atoms with Crippen molar-refractivity contribution in [3.8, 4) is 11.5 Å². The molecule has 3 rings (SSSR count). The van der Waals surface area contributed by atoms with Crippen LogP contribution < -0.4 is 0 Å². The molecule has 20 heavy (non-hydrogen) atoms. The highest BCUT2D eigenvalue weighted by Gasteiger charge is 2.13. The van der Waals surface area contributed by atoms with E-state index in [2.05, 4.69) is 15.0 Å². The van der Waals surface area contributed by atoms with Crippen LogP contribution in [0.3, 0.4) is 0 Å². The molecule has 2 aromatic heterocycles. The van der Waals surface area contributed by atoms with E-state index in [9.17, 15) is 0 Å². The molecule has 0 radical (unpaired) electrons. The van der Waals surface area contributed by atoms with Crippen LogP contribution in [0.1, 0.15) is 25.7 Å². The number of rotatable bonds is 3. The Bertz CT molecular complexity index is 599. The molecule has 0 saturated carbocycles. The van der Waals surface area contributed by atoms with Gasteiger partial charge in [0.15, 0.2) is 0 Å². The highest BCUT2D eigenvalue weighted by atomic mass is 32.1. The van der Waals surface area contributed by atoms with Crippen molar-refractivity contribution in [3.63, 3.8) is 0 Å². The second-order valence-electron chi connectivity index (χ2n) is 5.08. The molecule has 0 spiro atoms. The summed E-state index contributed by atoms with van der Waals surface area (Å²) in [6, 6.07) is 3.74. The minimum absolute atomic E-state index is 0.432. The molecule has 0 bridgehead atoms. The first-order valence-electron chi connectivity index (χ1n) is 7.03. The number of nitrogens with zero attached hydrogens (tertiary/aromatic N) is 4. The summed E-state index contributed by atoms with van der Waals surface area (Å²) in [7, 11) is 0. The Morgan fingerprint density at radius 3 is 2.50 bits per heavy atom. The molecule has 2 aromatic rings. The van der Waals surface area contributed by atoms with Crippen molar-refractivity contribution < 1.29 is 4.42 Å². The molecule has 1 aliphatic heterocycles. The maximum atomic E-state index is 5.59. The number of aromatic nitrogens is 3. The van der Waals surface area contributed by atoms with E-state index in [0.717, 1.165) is 18.7 Å². The van der Waals surface area contributed by atoms with Gasteiger partial charge in [-0.05, 0) is 50.3 Å². The first-order valence-corrected chi connectivity index (χ1v) is 7.44. The zero-order chi connectivity index (χ0) is 13.8. The third kappa shape index (κ3) is 3.13. The molecular formula is C14H18N4OS. The average molecular weight is 290 g/mol. The van der Waals surface area contributed by atoms with E-state index >= 15 is 0 Å². The molecule has 1 fully saturated rings. The lowest BCUT2D eigenvalue weighted by Crippen LogP contribution is -2.28. The summed E-state index contributed by atoms with van der Waals surface area (Å²) in [5, 5.41) is 4.48. The topological polar surface area (TPSA) is 47.1 Å². The summed E-state index contributed by atoms with van der Waals surface area (Å²) in [5.74, 6) is 0.562. The minimum Gasteiger partial charge on any atom is -0.409 e. The molecular weight excluding hydrogens is 272 g/mol. The number of hydrogen-bond acceptors (Lipinski definition) is 5. The van der Waals surface area contributed by atoms with E-state index in [4.69, 9.17) is 16.6 Å². The van der Waals surface area contributed by atoms with Gasteiger partial charge < -0.3 is 4.42 Å². The van der Waals surface area contributed by atoms with Gasteiger partial charge in [-0.3, -0.25) is 9.88 Å². The summed E-state index contributed by atoms with van der Waals surface area (Å²) in [4.78, 5) is 6.82. The highest BCUT2D eigenvalue weighted by molar-refractivity contribution is 7.71. The lowest BCUT2D eigenvalue weighted by Gasteiger charge is -2.18. The van der Waals surface area contributed by atoms with Gasteiger partial charge in [0.2, 0.25) is 5.89 Å². The van der Waals surface area contributed by atoms with Crippen LogP contribution in [0.4, 0.5) is 0 Å². The molecule has 0 N–H and O–H groups in total. The molecule has 0 amide bonds. The maximum absolute atomic E-state index is 5.59. The van der Waals surface area contributed by atoms with Crippen LogP contribution in [0.2, 0.25) is 0 Å². The second-order valence-corrected chi connectivity index (χ2v) is 5.43. The van der Waals surface area contributed by atoms with E-state index in [1.807, 2.05) is 12.1 Å². The fourth-order valence-corrected chi connectivity index (χ4v) is 2.65. The lowest BCUT2D eigenvalue weighted by molar-refractivity contribution is 0.211. The molecule has 106 valence electrons. The Morgan fingerprint density at radius 2 is 1.80 bits per heavy atom. The van der Waals surface area contributed by atoms with E-state index in [0.29, 0.717) is 17.4 Å². The van der Waals surface area contributed by atoms with Gasteiger partial charge in [0.1, 0.15) is 0 Å². The molecule has 5 nitrogen and oxygen atoms in total. The number of pyridine rings is 1. The van der Waals surface area contributed by atoms with Crippen molar-refractivity contribution in [2.45, 2.75) is 32.4 Å². The number of likely N-dealkylation sites (tertiary alicyclic amines) is 1. The van der Waals surface area contributed by atoms with Gasteiger partial charge in [0.25, 0.3) is 4.84 Å². The van der Waals surface area contributed by atoms with Gasteiger partial charge in [-0.1, -0.05) is 12.8 Å². The van der Waals surface area contributed by atoms with Gasteiger partial charge >= 0.3 is 0 Å². The predicted molar refractivity (Wildman–Crippen MR) is 78.6 cm³/mol. The van der Waals surface area contributed by atoms with Crippen molar-refractivity contribution in [2.24, 2.45) is 0 Å². The summed E-state index contributed by atoms with van der Waals surface area (Å²) < 4.78 is 7.36. The van der Waals surface area contributed by atoms with Crippen LogP contribution in [0.25, 0.3) is 11.5 Å². The molecule has 0 atom stereocenters. The summed E-state index contributed by atoms with van der Waals surface area (Å²) in [6.07, 6.45) is 8.60. The standard InChI is InChI=1S/C14H18N4OS/c20-14-18(11-17-9-3-1-2-4-10-17)16-13(19-14)12-5-7-15-8-6-12/h5-8H,1-4,9-11H2. The Kier molecular flexibility index (Phi) is 4.22. The smallest absolute Gasteiger partial charge is 0.288 e. The van der Waals surface area contributed by atoms with Gasteiger partial charge in [-0.25, -0.2) is 4.68 Å². The van der Waals surface area contributed by atoms with Gasteiger partial charge in [0, 0.05) is 18.0 Å². The van der Waals surface area contributed by atoms with Gasteiger partial charge in [-0.15, -0.1) is 5.10 Å². The van der Waals surface area contributed by atoms with Crippen LogP contribution in [-0.4, -0.2) is 32.8 Å². The van der Waals surface area contributed by atoms with E-state index < -0.39 is 0 Å². The molecule has 3 heterocycles. The predicted octanol–water partition coefficient (Wildman–Crippen LogP) is 3.10. The fourth-order valence-electron chi connectivity index (χ4n) is 2.47. The third-order valence-electron chi connectivity index (χ3n) is 3.57. The highest BCUT2D eigenvalue weighted by Crippen LogP contribution is 2.17. The van der Waals surface area contributed by atoms with E-state index in [1.54, 1.807) is 17.1 Å². The minimum atomic E-state index is 0.432. The monoisotopic (exact) mass is 290 g/mol. The Labute approximate surface area is 123 Å². The van der Waals surface area contributed by atoms with Crippen molar-refractivity contribution in [2.75, 3.05) is 13.1 Å². The van der Waals surface area contributed by atoms with Gasteiger partial charge in [-0.2, -0.15) is 0 Å². The average Bonchev–Trinajstić information content (AvgIpc) is 2.68. The quantitative estimate of drug-likeness (QED) is 0.813. The molecule has 1 saturated heterocycles. The SMILES string of the molecule is S=c1oc(-c2ccncc2)nn1CN1CCCCCC1. The fraction of sp³-hybridized carbons (Fsp3) is 0.500. The molecule has 6 heteroatoms. The van der Waals surface area contributed by atoms with Crippen LogP contribution in [0.15, 0.2) is 28.9 Å². The summed E-state index contributed by atoms with van der Waals surface area (Å²) in [5.41, 5.74) is 0.903. The van der Waals surface area contributed by atoms with Crippen molar-refractivity contribution in [1.82, 2.24) is 19.7 Å². The first-order chi connectivity index (χ1) is 9.83. The Hall–Kier alpha value is -1.53.